The van der Waals surface area contributed by atoms with E-state index >= 15 is 0 Å². The Morgan fingerprint density at radius 2 is 1.86 bits per heavy atom. The van der Waals surface area contributed by atoms with Gasteiger partial charge < -0.3 is 5.11 Å². The third-order valence-electron chi connectivity index (χ3n) is 2.99. The number of carboxylic acids is 1. The van der Waals surface area contributed by atoms with E-state index in [0.717, 1.165) is 15.1 Å². The molecule has 0 aliphatic heterocycles. The van der Waals surface area contributed by atoms with E-state index in [1.165, 1.54) is 11.3 Å². The average molecular weight is 302 g/mol. The van der Waals surface area contributed by atoms with Crippen LogP contribution in [-0.4, -0.2) is 15.8 Å². The van der Waals surface area contributed by atoms with Gasteiger partial charge in [-0.15, -0.1) is 11.3 Å². The number of nitrogens with zero attached hydrogens (tertiary/aromatic N) is 1. The van der Waals surface area contributed by atoms with E-state index in [1.54, 1.807) is 6.07 Å². The molecule has 3 aromatic rings. The van der Waals surface area contributed by atoms with Gasteiger partial charge in [0.1, 0.15) is 5.00 Å². The van der Waals surface area contributed by atoms with Crippen LogP contribution < -0.4 is 16.5 Å². The van der Waals surface area contributed by atoms with E-state index in [2.05, 4.69) is 5.43 Å². The van der Waals surface area contributed by atoms with Crippen LogP contribution in [0.2, 0.25) is 0 Å². The number of hydrogen-bond donors (Lipinski definition) is 2. The summed E-state index contributed by atoms with van der Waals surface area (Å²) >= 11 is 1.22. The molecule has 21 heavy (non-hydrogen) atoms. The van der Waals surface area contributed by atoms with Gasteiger partial charge in [0.05, 0.1) is 5.56 Å². The lowest BCUT2D eigenvalue weighted by atomic mass is 10.1. The Labute approximate surface area is 122 Å². The van der Waals surface area contributed by atoms with Gasteiger partial charge in [0.15, 0.2) is 0 Å². The molecule has 106 valence electrons. The second-order valence-electron chi connectivity index (χ2n) is 4.48. The van der Waals surface area contributed by atoms with Crippen molar-refractivity contribution < 1.29 is 9.90 Å². The minimum absolute atomic E-state index is 0.0541. The third kappa shape index (κ3) is 2.63. The van der Waals surface area contributed by atoms with E-state index < -0.39 is 17.1 Å². The molecule has 2 aromatic heterocycles. The van der Waals surface area contributed by atoms with E-state index in [4.69, 9.17) is 0 Å². The van der Waals surface area contributed by atoms with Gasteiger partial charge in [0.25, 0.3) is 0 Å². The van der Waals surface area contributed by atoms with Gasteiger partial charge in [0, 0.05) is 11.3 Å². The number of carbonyl (C=O) groups is 1. The summed E-state index contributed by atoms with van der Waals surface area (Å²) in [6, 6.07) is 11.2. The molecule has 0 saturated carbocycles. The maximum absolute atomic E-state index is 11.2. The van der Waals surface area contributed by atoms with Crippen LogP contribution in [0.25, 0.3) is 0 Å². The normalized spacial score (nSPS) is 10.9. The Bertz CT molecular complexity index is 846. The standard InChI is InChI=1S/C14H10N2O4S/c17-12-13(18)16(12)15-11-10(14(19)20)7-9(21-11)6-8-4-2-1-3-5-8/h1-5,7,15H,6H2,(H,19,20). The van der Waals surface area contributed by atoms with Crippen LogP contribution in [0, 0.1) is 0 Å². The fourth-order valence-corrected chi connectivity index (χ4v) is 2.98. The molecular weight excluding hydrogens is 292 g/mol. The third-order valence-corrected chi connectivity index (χ3v) is 4.03. The summed E-state index contributed by atoms with van der Waals surface area (Å²) < 4.78 is 0.796. The molecule has 0 radical (unpaired) electrons. The van der Waals surface area contributed by atoms with Gasteiger partial charge >= 0.3 is 17.1 Å². The van der Waals surface area contributed by atoms with Gasteiger partial charge in [-0.1, -0.05) is 30.3 Å². The molecule has 0 aliphatic rings. The van der Waals surface area contributed by atoms with E-state index in [9.17, 15) is 19.5 Å². The first kappa shape index (κ1) is 13.3. The molecule has 0 saturated heterocycles. The first-order valence-electron chi connectivity index (χ1n) is 6.11. The van der Waals surface area contributed by atoms with Gasteiger partial charge in [-0.2, -0.15) is 4.68 Å². The summed E-state index contributed by atoms with van der Waals surface area (Å²) in [6.45, 7) is 0. The van der Waals surface area contributed by atoms with Crippen LogP contribution in [0.5, 0.6) is 0 Å². The molecule has 6 nitrogen and oxygen atoms in total. The Morgan fingerprint density at radius 3 is 2.43 bits per heavy atom. The predicted octanol–water partition coefficient (Wildman–Crippen LogP) is 1.31. The number of aromatic carboxylic acids is 1. The molecule has 0 amide bonds. The van der Waals surface area contributed by atoms with Crippen molar-refractivity contribution in [3.8, 4) is 0 Å². The summed E-state index contributed by atoms with van der Waals surface area (Å²) in [6.07, 6.45) is 0.593. The van der Waals surface area contributed by atoms with Gasteiger partial charge in [0.2, 0.25) is 0 Å². The number of thiophene rings is 1. The molecule has 2 heterocycles. The zero-order chi connectivity index (χ0) is 15.0. The number of hydrogen-bond acceptors (Lipinski definition) is 5. The Kier molecular flexibility index (Phi) is 3.19. The summed E-state index contributed by atoms with van der Waals surface area (Å²) in [4.78, 5) is 34.0. The molecule has 0 unspecified atom stereocenters. The Morgan fingerprint density at radius 1 is 1.19 bits per heavy atom. The summed E-state index contributed by atoms with van der Waals surface area (Å²) in [7, 11) is 0. The zero-order valence-electron chi connectivity index (χ0n) is 10.7. The van der Waals surface area contributed by atoms with Crippen LogP contribution in [0.15, 0.2) is 46.0 Å². The van der Waals surface area contributed by atoms with Crippen molar-refractivity contribution >= 4 is 22.3 Å². The predicted molar refractivity (Wildman–Crippen MR) is 78.9 cm³/mol. The highest BCUT2D eigenvalue weighted by atomic mass is 32.1. The van der Waals surface area contributed by atoms with Crippen LogP contribution in [-0.2, 0) is 6.42 Å². The molecule has 0 bridgehead atoms. The molecular formula is C14H10N2O4S. The number of benzene rings is 1. The first-order chi connectivity index (χ1) is 10.1. The topological polar surface area (TPSA) is 88.4 Å². The molecule has 0 atom stereocenters. The number of anilines is 1. The van der Waals surface area contributed by atoms with Crippen molar-refractivity contribution in [2.75, 3.05) is 5.43 Å². The monoisotopic (exact) mass is 302 g/mol. The van der Waals surface area contributed by atoms with Crippen molar-refractivity contribution in [3.05, 3.63) is 73.1 Å². The van der Waals surface area contributed by atoms with Crippen molar-refractivity contribution in [1.29, 1.82) is 0 Å². The highest BCUT2D eigenvalue weighted by Crippen LogP contribution is 2.29. The van der Waals surface area contributed by atoms with Crippen LogP contribution in [0.4, 0.5) is 5.00 Å². The van der Waals surface area contributed by atoms with Gasteiger partial charge in [-0.3, -0.25) is 15.0 Å². The van der Waals surface area contributed by atoms with Crippen LogP contribution >= 0.6 is 11.3 Å². The summed E-state index contributed by atoms with van der Waals surface area (Å²) in [5, 5.41) is 9.47. The number of rotatable bonds is 5. The van der Waals surface area contributed by atoms with Crippen molar-refractivity contribution in [2.24, 2.45) is 0 Å². The fourth-order valence-electron chi connectivity index (χ4n) is 1.91. The largest absolute Gasteiger partial charge is 0.478 e. The number of nitrogens with one attached hydrogen (secondary N) is 1. The lowest BCUT2D eigenvalue weighted by molar-refractivity contribution is 0.0698. The maximum Gasteiger partial charge on any atom is 0.340 e. The average Bonchev–Trinajstić information content (AvgIpc) is 2.88. The first-order valence-corrected chi connectivity index (χ1v) is 6.93. The molecule has 0 fully saturated rings. The van der Waals surface area contributed by atoms with Gasteiger partial charge in [-0.05, 0) is 11.6 Å². The van der Waals surface area contributed by atoms with Crippen LogP contribution in [0.1, 0.15) is 20.8 Å². The molecule has 1 aromatic carbocycles. The lowest BCUT2D eigenvalue weighted by Gasteiger charge is -1.98. The van der Waals surface area contributed by atoms with Gasteiger partial charge in [-0.25, -0.2) is 4.79 Å². The number of carboxylic acid groups (broad SMARTS) is 1. The molecule has 2 N–H and O–H groups in total. The van der Waals surface area contributed by atoms with E-state index in [0.29, 0.717) is 6.42 Å². The van der Waals surface area contributed by atoms with E-state index in [1.807, 2.05) is 30.3 Å². The van der Waals surface area contributed by atoms with E-state index in [-0.39, 0.29) is 10.6 Å². The number of aromatic nitrogens is 1. The van der Waals surface area contributed by atoms with Crippen LogP contribution in [0.3, 0.4) is 0 Å². The SMILES string of the molecule is O=C(O)c1cc(Cc2ccccc2)sc1Nn1c(=O)c1=O. The second kappa shape index (κ2) is 5.02. The second-order valence-corrected chi connectivity index (χ2v) is 5.62. The minimum Gasteiger partial charge on any atom is -0.478 e. The van der Waals surface area contributed by atoms with Crippen molar-refractivity contribution in [3.63, 3.8) is 0 Å². The smallest absolute Gasteiger partial charge is 0.340 e. The zero-order valence-corrected chi connectivity index (χ0v) is 11.5. The van der Waals surface area contributed by atoms with Crippen molar-refractivity contribution in [2.45, 2.75) is 6.42 Å². The lowest BCUT2D eigenvalue weighted by Crippen LogP contribution is -2.09. The molecule has 0 aliphatic carbocycles. The molecule has 3 rings (SSSR count). The molecule has 0 spiro atoms. The maximum atomic E-state index is 11.2. The quantitative estimate of drug-likeness (QED) is 0.694. The summed E-state index contributed by atoms with van der Waals surface area (Å²) in [5.74, 6) is -1.10. The highest BCUT2D eigenvalue weighted by molar-refractivity contribution is 7.16. The Hall–Kier alpha value is -2.67. The summed E-state index contributed by atoms with van der Waals surface area (Å²) in [5.41, 5.74) is 2.33. The molecule has 7 heteroatoms. The minimum atomic E-state index is -1.10. The van der Waals surface area contributed by atoms with Crippen molar-refractivity contribution in [1.82, 2.24) is 4.68 Å². The highest BCUT2D eigenvalue weighted by Gasteiger charge is 2.21. The Balaban J connectivity index is 1.89. The fraction of sp³-hybridized carbons (Fsp3) is 0.0714.